The molecule has 0 radical (unpaired) electrons. The maximum absolute atomic E-state index is 12.1. The molecule has 2 heterocycles. The Morgan fingerprint density at radius 3 is 2.78 bits per heavy atom. The topological polar surface area (TPSA) is 98.5 Å². The van der Waals surface area contributed by atoms with E-state index in [2.05, 4.69) is 9.97 Å². The maximum Gasteiger partial charge on any atom is 0.410 e. The van der Waals surface area contributed by atoms with Crippen LogP contribution in [0.15, 0.2) is 18.6 Å². The SMILES string of the molecule is CC(C)(C)OC(=O)N1CC[N+](Cl)(c2ccncn2)C([N+](=O)[O-])C1. The molecule has 0 aliphatic carbocycles. The Morgan fingerprint density at radius 1 is 1.57 bits per heavy atom. The van der Waals surface area contributed by atoms with Crippen LogP contribution in [0, 0.1) is 10.1 Å². The van der Waals surface area contributed by atoms with Gasteiger partial charge < -0.3 is 4.74 Å². The second-order valence-electron chi connectivity index (χ2n) is 6.25. The van der Waals surface area contributed by atoms with Crippen molar-refractivity contribution in [2.24, 2.45) is 0 Å². The summed E-state index contributed by atoms with van der Waals surface area (Å²) in [6.45, 7) is 5.43. The van der Waals surface area contributed by atoms with Gasteiger partial charge in [0.05, 0.1) is 11.5 Å². The fraction of sp³-hybridized carbons (Fsp3) is 0.615. The van der Waals surface area contributed by atoms with Gasteiger partial charge >= 0.3 is 12.3 Å². The molecule has 1 saturated heterocycles. The van der Waals surface area contributed by atoms with Crippen LogP contribution in [0.1, 0.15) is 20.8 Å². The molecule has 1 aliphatic rings. The number of aromatic nitrogens is 2. The molecule has 1 aliphatic heterocycles. The van der Waals surface area contributed by atoms with Gasteiger partial charge in [0.15, 0.2) is 11.8 Å². The van der Waals surface area contributed by atoms with Crippen molar-refractivity contribution in [3.63, 3.8) is 0 Å². The zero-order valence-electron chi connectivity index (χ0n) is 13.2. The van der Waals surface area contributed by atoms with Crippen molar-refractivity contribution in [1.82, 2.24) is 18.9 Å². The monoisotopic (exact) mass is 344 g/mol. The lowest BCUT2D eigenvalue weighted by atomic mass is 10.2. The van der Waals surface area contributed by atoms with Crippen LogP contribution in [0.25, 0.3) is 0 Å². The number of piperazine rings is 1. The first kappa shape index (κ1) is 17.4. The number of ether oxygens (including phenoxy) is 1. The predicted octanol–water partition coefficient (Wildman–Crippen LogP) is 1.79. The normalized spacial score (nSPS) is 25.0. The van der Waals surface area contributed by atoms with Crippen molar-refractivity contribution in [1.29, 1.82) is 0 Å². The van der Waals surface area contributed by atoms with Crippen molar-refractivity contribution in [3.8, 4) is 0 Å². The molecule has 2 unspecified atom stereocenters. The minimum Gasteiger partial charge on any atom is -0.444 e. The first-order valence-electron chi connectivity index (χ1n) is 7.09. The summed E-state index contributed by atoms with van der Waals surface area (Å²) < 4.78 is 4.76. The quantitative estimate of drug-likeness (QED) is 0.461. The summed E-state index contributed by atoms with van der Waals surface area (Å²) >= 11 is 6.49. The van der Waals surface area contributed by atoms with Gasteiger partial charge in [-0.05, 0) is 20.8 Å². The van der Waals surface area contributed by atoms with Crippen molar-refractivity contribution in [2.75, 3.05) is 19.6 Å². The summed E-state index contributed by atoms with van der Waals surface area (Å²) in [5.41, 5.74) is -0.668. The number of nitro groups is 1. The Hall–Kier alpha value is -2.00. The number of carbonyl (C=O) groups is 1. The number of halogens is 1. The molecule has 1 fully saturated rings. The lowest BCUT2D eigenvalue weighted by Crippen LogP contribution is -2.65. The Kier molecular flexibility index (Phi) is 4.71. The number of carbonyl (C=O) groups excluding carboxylic acids is 1. The zero-order chi connectivity index (χ0) is 17.3. The molecule has 1 amide bonds. The first-order valence-corrected chi connectivity index (χ1v) is 7.43. The van der Waals surface area contributed by atoms with Crippen LogP contribution >= 0.6 is 11.8 Å². The van der Waals surface area contributed by atoms with Crippen LogP contribution in [-0.2, 0) is 4.74 Å². The standard InChI is InChI=1S/C13H19ClN5O4/c1-13(2,3)23-12(20)17-6-7-19(14,11(8-17)18(21)22)10-4-5-15-9-16-10/h4-5,9,11H,6-8H2,1-3H3/q+1. The van der Waals surface area contributed by atoms with Crippen LogP contribution in [0.4, 0.5) is 10.6 Å². The van der Waals surface area contributed by atoms with Crippen molar-refractivity contribution in [2.45, 2.75) is 32.5 Å². The average Bonchev–Trinajstić information content (AvgIpc) is 2.46. The van der Waals surface area contributed by atoms with Gasteiger partial charge in [-0.1, -0.05) is 0 Å². The number of hydrogen-bond donors (Lipinski definition) is 0. The first-order chi connectivity index (χ1) is 10.6. The summed E-state index contributed by atoms with van der Waals surface area (Å²) in [6, 6.07) is 1.53. The Labute approximate surface area is 138 Å². The van der Waals surface area contributed by atoms with Crippen LogP contribution < -0.4 is 4.00 Å². The van der Waals surface area contributed by atoms with Gasteiger partial charge in [0.25, 0.3) is 5.82 Å². The second kappa shape index (κ2) is 6.25. The van der Waals surface area contributed by atoms with E-state index in [4.69, 9.17) is 16.5 Å². The van der Waals surface area contributed by atoms with Crippen molar-refractivity contribution < 1.29 is 14.5 Å². The molecule has 0 N–H and O–H groups in total. The largest absolute Gasteiger partial charge is 0.444 e. The molecule has 9 nitrogen and oxygen atoms in total. The summed E-state index contributed by atoms with van der Waals surface area (Å²) in [4.78, 5) is 32.2. The minimum atomic E-state index is -1.24. The van der Waals surface area contributed by atoms with E-state index in [9.17, 15) is 14.9 Å². The van der Waals surface area contributed by atoms with Crippen molar-refractivity contribution in [3.05, 3.63) is 28.7 Å². The highest BCUT2D eigenvalue weighted by Gasteiger charge is 2.54. The van der Waals surface area contributed by atoms with Crippen LogP contribution in [0.5, 0.6) is 0 Å². The Balaban J connectivity index is 2.22. The molecular formula is C13H19ClN5O4+. The molecule has 1 aromatic heterocycles. The second-order valence-corrected chi connectivity index (χ2v) is 6.86. The number of nitrogens with zero attached hydrogens (tertiary/aromatic N) is 5. The van der Waals surface area contributed by atoms with E-state index in [1.807, 2.05) is 0 Å². The highest BCUT2D eigenvalue weighted by molar-refractivity contribution is 6.21. The molecule has 1 aromatic rings. The summed E-state index contributed by atoms with van der Waals surface area (Å²) in [5.74, 6) is 0.326. The molecule has 2 rings (SSSR count). The van der Waals surface area contributed by atoms with Gasteiger partial charge in [-0.15, -0.1) is 4.00 Å². The third-order valence-corrected chi connectivity index (χ3v) is 3.96. The number of rotatable bonds is 2. The van der Waals surface area contributed by atoms with Gasteiger partial charge in [0.2, 0.25) is 0 Å². The Bertz CT molecular complexity index is 594. The number of hydrogen-bond acceptors (Lipinski definition) is 6. The fourth-order valence-corrected chi connectivity index (χ4v) is 2.62. The van der Waals surface area contributed by atoms with E-state index in [1.165, 1.54) is 23.5 Å². The van der Waals surface area contributed by atoms with Gasteiger partial charge in [0.1, 0.15) is 25.0 Å². The number of quaternary nitrogens is 1. The fourth-order valence-electron chi connectivity index (χ4n) is 2.31. The molecule has 0 spiro atoms. The third-order valence-electron chi connectivity index (χ3n) is 3.39. The molecule has 23 heavy (non-hydrogen) atoms. The molecular weight excluding hydrogens is 326 g/mol. The summed E-state index contributed by atoms with van der Waals surface area (Å²) in [6.07, 6.45) is 0.930. The van der Waals surface area contributed by atoms with E-state index in [1.54, 1.807) is 20.8 Å². The van der Waals surface area contributed by atoms with E-state index in [-0.39, 0.29) is 19.6 Å². The van der Waals surface area contributed by atoms with E-state index < -0.39 is 26.8 Å². The summed E-state index contributed by atoms with van der Waals surface area (Å²) in [7, 11) is 0. The number of amides is 1. The highest BCUT2D eigenvalue weighted by Crippen LogP contribution is 2.31. The zero-order valence-corrected chi connectivity index (χ0v) is 13.9. The molecule has 2 atom stereocenters. The van der Waals surface area contributed by atoms with Crippen molar-refractivity contribution >= 4 is 23.7 Å². The molecule has 0 bridgehead atoms. The molecule has 0 aromatic carbocycles. The lowest BCUT2D eigenvalue weighted by Gasteiger charge is -2.38. The van der Waals surface area contributed by atoms with Gasteiger partial charge in [-0.25, -0.2) is 9.78 Å². The minimum absolute atomic E-state index is 0.142. The molecule has 126 valence electrons. The Morgan fingerprint density at radius 2 is 2.26 bits per heavy atom. The molecule has 0 saturated carbocycles. The van der Waals surface area contributed by atoms with E-state index >= 15 is 0 Å². The van der Waals surface area contributed by atoms with Crippen LogP contribution in [0.3, 0.4) is 0 Å². The van der Waals surface area contributed by atoms with E-state index in [0.717, 1.165) is 0 Å². The predicted molar refractivity (Wildman–Crippen MR) is 83.1 cm³/mol. The van der Waals surface area contributed by atoms with Gasteiger partial charge in [-0.2, -0.15) is 4.98 Å². The van der Waals surface area contributed by atoms with Gasteiger partial charge in [0, 0.05) is 12.3 Å². The van der Waals surface area contributed by atoms with Gasteiger partial charge in [-0.3, -0.25) is 15.0 Å². The lowest BCUT2D eigenvalue weighted by molar-refractivity contribution is -0.544. The molecule has 10 heteroatoms. The summed E-state index contributed by atoms with van der Waals surface area (Å²) in [5, 5.41) is 11.5. The van der Waals surface area contributed by atoms with Crippen LogP contribution in [-0.4, -0.2) is 57.3 Å². The average molecular weight is 345 g/mol. The smallest absolute Gasteiger partial charge is 0.410 e. The third kappa shape index (κ3) is 3.85. The maximum atomic E-state index is 12.1. The van der Waals surface area contributed by atoms with E-state index in [0.29, 0.717) is 5.82 Å². The highest BCUT2D eigenvalue weighted by atomic mass is 35.5. The van der Waals surface area contributed by atoms with Crippen LogP contribution in [0.2, 0.25) is 0 Å².